The van der Waals surface area contributed by atoms with Crippen molar-refractivity contribution in [1.82, 2.24) is 4.98 Å². The average molecular weight is 325 g/mol. The second kappa shape index (κ2) is 6.24. The molecular weight excluding hydrogens is 312 g/mol. The molecule has 0 aliphatic rings. The van der Waals surface area contributed by atoms with E-state index in [1.54, 1.807) is 38.1 Å². The first-order valence-corrected chi connectivity index (χ1v) is 7.35. The maximum atomic E-state index is 12.2. The summed E-state index contributed by atoms with van der Waals surface area (Å²) in [5.74, 6) is -1.87. The van der Waals surface area contributed by atoms with Crippen LogP contribution in [-0.4, -0.2) is 22.0 Å². The van der Waals surface area contributed by atoms with E-state index in [9.17, 15) is 9.59 Å². The monoisotopic (exact) mass is 324 g/mol. The third-order valence-electron chi connectivity index (χ3n) is 2.90. The molecule has 0 bridgehead atoms. The predicted octanol–water partition coefficient (Wildman–Crippen LogP) is 3.55. The van der Waals surface area contributed by atoms with Crippen molar-refractivity contribution in [2.75, 3.05) is 5.32 Å². The van der Waals surface area contributed by atoms with Gasteiger partial charge in [-0.1, -0.05) is 23.7 Å². The van der Waals surface area contributed by atoms with Crippen LogP contribution in [0.1, 0.15) is 33.2 Å². The van der Waals surface area contributed by atoms with Gasteiger partial charge in [0.1, 0.15) is 9.88 Å². The summed E-state index contributed by atoms with van der Waals surface area (Å²) in [5.41, 5.74) is 0.933. The van der Waals surface area contributed by atoms with Crippen LogP contribution in [0.4, 0.5) is 5.69 Å². The van der Waals surface area contributed by atoms with Gasteiger partial charge in [-0.05, 0) is 26.0 Å². The number of amides is 1. The molecule has 1 atom stereocenters. The molecule has 0 saturated carbocycles. The molecule has 0 spiro atoms. The predicted molar refractivity (Wildman–Crippen MR) is 82.3 cm³/mol. The summed E-state index contributed by atoms with van der Waals surface area (Å²) in [6.45, 7) is 3.29. The highest BCUT2D eigenvalue weighted by Crippen LogP contribution is 2.27. The first kappa shape index (κ1) is 15.5. The van der Waals surface area contributed by atoms with Gasteiger partial charge in [0.2, 0.25) is 5.91 Å². The molecule has 1 aromatic carbocycles. The van der Waals surface area contributed by atoms with Crippen molar-refractivity contribution < 1.29 is 14.7 Å². The molecule has 0 aliphatic heterocycles. The lowest BCUT2D eigenvalue weighted by atomic mass is 10.1. The van der Waals surface area contributed by atoms with Crippen LogP contribution in [0.15, 0.2) is 24.3 Å². The zero-order chi connectivity index (χ0) is 15.6. The second-order valence-electron chi connectivity index (χ2n) is 4.46. The Bertz CT molecular complexity index is 699. The molecule has 1 aromatic heterocycles. The number of nitrogens with one attached hydrogen (secondary N) is 1. The maximum absolute atomic E-state index is 12.2. The van der Waals surface area contributed by atoms with Crippen molar-refractivity contribution in [1.29, 1.82) is 0 Å². The molecule has 1 amide bonds. The highest BCUT2D eigenvalue weighted by atomic mass is 35.5. The Kier molecular flexibility index (Phi) is 4.59. The molecule has 2 aromatic rings. The van der Waals surface area contributed by atoms with Crippen LogP contribution < -0.4 is 5.32 Å². The van der Waals surface area contributed by atoms with Gasteiger partial charge in [-0.3, -0.25) is 4.79 Å². The lowest BCUT2D eigenvalue weighted by molar-refractivity contribution is -0.117. The highest BCUT2D eigenvalue weighted by Gasteiger charge is 2.23. The summed E-state index contributed by atoms with van der Waals surface area (Å²) in [7, 11) is 0. The molecular formula is C14H13ClN2O3S. The van der Waals surface area contributed by atoms with E-state index in [0.29, 0.717) is 21.4 Å². The molecule has 0 unspecified atom stereocenters. The summed E-state index contributed by atoms with van der Waals surface area (Å²) >= 11 is 7.00. The fourth-order valence-electron chi connectivity index (χ4n) is 1.72. The summed E-state index contributed by atoms with van der Waals surface area (Å²) < 4.78 is 0. The largest absolute Gasteiger partial charge is 0.477 e. The zero-order valence-corrected chi connectivity index (χ0v) is 13.0. The SMILES string of the molecule is Cc1nc([C@H](C)C(=O)Nc2ccccc2Cl)sc1C(=O)O. The minimum Gasteiger partial charge on any atom is -0.477 e. The first-order chi connectivity index (χ1) is 9.90. The van der Waals surface area contributed by atoms with E-state index in [4.69, 9.17) is 16.7 Å². The maximum Gasteiger partial charge on any atom is 0.347 e. The van der Waals surface area contributed by atoms with Gasteiger partial charge in [-0.2, -0.15) is 0 Å². The molecule has 2 N–H and O–H groups in total. The topological polar surface area (TPSA) is 79.3 Å². The number of carbonyl (C=O) groups excluding carboxylic acids is 1. The number of thiazole rings is 1. The molecule has 0 radical (unpaired) electrons. The van der Waals surface area contributed by atoms with Crippen molar-refractivity contribution in [2.24, 2.45) is 0 Å². The number of rotatable bonds is 4. The van der Waals surface area contributed by atoms with E-state index in [2.05, 4.69) is 10.3 Å². The number of aryl methyl sites for hydroxylation is 1. The molecule has 0 aliphatic carbocycles. The van der Waals surface area contributed by atoms with E-state index >= 15 is 0 Å². The number of halogens is 1. The van der Waals surface area contributed by atoms with Gasteiger partial charge in [0.05, 0.1) is 22.3 Å². The number of hydrogen-bond donors (Lipinski definition) is 2. The minimum absolute atomic E-state index is 0.155. The smallest absolute Gasteiger partial charge is 0.347 e. The number of nitrogens with zero attached hydrogens (tertiary/aromatic N) is 1. The van der Waals surface area contributed by atoms with Gasteiger partial charge in [-0.15, -0.1) is 11.3 Å². The molecule has 21 heavy (non-hydrogen) atoms. The number of hydrogen-bond acceptors (Lipinski definition) is 4. The van der Waals surface area contributed by atoms with E-state index in [0.717, 1.165) is 11.3 Å². The number of aromatic nitrogens is 1. The standard InChI is InChI=1S/C14H13ClN2O3S/c1-7(13-16-8(2)11(21-13)14(19)20)12(18)17-10-6-4-3-5-9(10)15/h3-7H,1-2H3,(H,17,18)(H,19,20)/t7-/m1/s1. The van der Waals surface area contributed by atoms with Gasteiger partial charge in [0, 0.05) is 0 Å². The van der Waals surface area contributed by atoms with E-state index in [1.807, 2.05) is 0 Å². The number of para-hydroxylation sites is 1. The van der Waals surface area contributed by atoms with Crippen LogP contribution in [0.25, 0.3) is 0 Å². The van der Waals surface area contributed by atoms with Crippen molar-refractivity contribution in [2.45, 2.75) is 19.8 Å². The Morgan fingerprint density at radius 3 is 2.62 bits per heavy atom. The Balaban J connectivity index is 2.18. The van der Waals surface area contributed by atoms with Gasteiger partial charge in [0.15, 0.2) is 0 Å². The van der Waals surface area contributed by atoms with Crippen LogP contribution in [0.3, 0.4) is 0 Å². The van der Waals surface area contributed by atoms with Crippen molar-refractivity contribution in [3.8, 4) is 0 Å². The molecule has 110 valence electrons. The van der Waals surface area contributed by atoms with E-state index < -0.39 is 11.9 Å². The fourth-order valence-corrected chi connectivity index (χ4v) is 2.86. The lowest BCUT2D eigenvalue weighted by Gasteiger charge is -2.10. The van der Waals surface area contributed by atoms with E-state index in [1.165, 1.54) is 0 Å². The van der Waals surface area contributed by atoms with Crippen LogP contribution in [0.5, 0.6) is 0 Å². The van der Waals surface area contributed by atoms with Crippen molar-refractivity contribution in [3.05, 3.63) is 44.9 Å². The van der Waals surface area contributed by atoms with Crippen molar-refractivity contribution >= 4 is 40.5 Å². The third-order valence-corrected chi connectivity index (χ3v) is 4.56. The van der Waals surface area contributed by atoms with Crippen molar-refractivity contribution in [3.63, 3.8) is 0 Å². The molecule has 0 saturated heterocycles. The zero-order valence-electron chi connectivity index (χ0n) is 11.4. The Labute approximate surface area is 130 Å². The number of carboxylic acid groups (broad SMARTS) is 1. The summed E-state index contributed by atoms with van der Waals surface area (Å²) in [6, 6.07) is 6.91. The average Bonchev–Trinajstić information content (AvgIpc) is 2.82. The lowest BCUT2D eigenvalue weighted by Crippen LogP contribution is -2.18. The minimum atomic E-state index is -1.03. The Morgan fingerprint density at radius 2 is 2.05 bits per heavy atom. The van der Waals surface area contributed by atoms with Gasteiger partial charge >= 0.3 is 5.97 Å². The quantitative estimate of drug-likeness (QED) is 0.901. The van der Waals surface area contributed by atoms with Crippen LogP contribution in [0.2, 0.25) is 5.02 Å². The number of carboxylic acids is 1. The van der Waals surface area contributed by atoms with Gasteiger partial charge < -0.3 is 10.4 Å². The number of aromatic carboxylic acids is 1. The number of anilines is 1. The number of benzene rings is 1. The third kappa shape index (κ3) is 3.40. The molecule has 1 heterocycles. The molecule has 5 nitrogen and oxygen atoms in total. The van der Waals surface area contributed by atoms with Crippen LogP contribution >= 0.6 is 22.9 Å². The highest BCUT2D eigenvalue weighted by molar-refractivity contribution is 7.13. The second-order valence-corrected chi connectivity index (χ2v) is 5.90. The van der Waals surface area contributed by atoms with Crippen LogP contribution in [0, 0.1) is 6.92 Å². The molecule has 2 rings (SSSR count). The number of carbonyl (C=O) groups is 2. The Hall–Kier alpha value is -1.92. The molecule has 7 heteroatoms. The summed E-state index contributed by atoms with van der Waals surface area (Å²) in [5, 5.41) is 12.6. The first-order valence-electron chi connectivity index (χ1n) is 6.16. The summed E-state index contributed by atoms with van der Waals surface area (Å²) in [6.07, 6.45) is 0. The molecule has 0 fully saturated rings. The van der Waals surface area contributed by atoms with E-state index in [-0.39, 0.29) is 10.8 Å². The van der Waals surface area contributed by atoms with Gasteiger partial charge in [-0.25, -0.2) is 9.78 Å². The normalized spacial score (nSPS) is 12.0. The Morgan fingerprint density at radius 1 is 1.38 bits per heavy atom. The summed E-state index contributed by atoms with van der Waals surface area (Å²) in [4.78, 5) is 27.5. The van der Waals surface area contributed by atoms with Gasteiger partial charge in [0.25, 0.3) is 0 Å². The fraction of sp³-hybridized carbons (Fsp3) is 0.214. The van der Waals surface area contributed by atoms with Crippen LogP contribution in [-0.2, 0) is 4.79 Å².